The Morgan fingerprint density at radius 1 is 0.912 bits per heavy atom. The molecule has 0 atom stereocenters. The summed E-state index contributed by atoms with van der Waals surface area (Å²) < 4.78 is 54.0. The highest BCUT2D eigenvalue weighted by molar-refractivity contribution is 7.92. The number of anilines is 3. The quantitative estimate of drug-likeness (QED) is 0.550. The number of carbonyl (C=O) groups excluding carboxylic acids is 2. The van der Waals surface area contributed by atoms with E-state index in [0.29, 0.717) is 24.3 Å². The lowest BCUT2D eigenvalue weighted by Crippen LogP contribution is -2.38. The van der Waals surface area contributed by atoms with E-state index in [4.69, 9.17) is 0 Å². The minimum absolute atomic E-state index is 0.0396. The second-order valence-corrected chi connectivity index (χ2v) is 9.55. The molecule has 176 valence electrons. The number of nitrogens with zero attached hydrogens (tertiary/aromatic N) is 2. The number of halogens is 2. The molecule has 0 radical (unpaired) electrons. The Morgan fingerprint density at radius 2 is 1.50 bits per heavy atom. The molecule has 1 heterocycles. The molecule has 10 heteroatoms. The van der Waals surface area contributed by atoms with Crippen molar-refractivity contribution in [3.63, 3.8) is 0 Å². The Bertz CT molecular complexity index is 1300. The lowest BCUT2D eigenvalue weighted by atomic mass is 10.2. The molecule has 0 aromatic heterocycles. The van der Waals surface area contributed by atoms with Crippen LogP contribution < -0.4 is 14.5 Å². The van der Waals surface area contributed by atoms with Gasteiger partial charge in [-0.3, -0.25) is 13.9 Å². The van der Waals surface area contributed by atoms with Crippen molar-refractivity contribution in [2.24, 2.45) is 0 Å². The average molecular weight is 486 g/mol. The number of nitrogens with one attached hydrogen (secondary N) is 1. The maximum absolute atomic E-state index is 13.4. The first-order valence-electron chi connectivity index (χ1n) is 10.5. The number of carbonyl (C=O) groups is 2. The van der Waals surface area contributed by atoms with Gasteiger partial charge >= 0.3 is 0 Å². The monoisotopic (exact) mass is 485 g/mol. The van der Waals surface area contributed by atoms with Crippen LogP contribution in [0.3, 0.4) is 0 Å². The molecular weight excluding hydrogens is 464 g/mol. The average Bonchev–Trinajstić information content (AvgIpc) is 3.25. The van der Waals surface area contributed by atoms with Gasteiger partial charge in [-0.05, 0) is 79.2 Å². The van der Waals surface area contributed by atoms with E-state index in [1.54, 1.807) is 29.2 Å². The molecular formula is C24H21F2N3O4S. The van der Waals surface area contributed by atoms with Gasteiger partial charge in [0.15, 0.2) is 0 Å². The molecule has 2 amide bonds. The first-order chi connectivity index (χ1) is 16.2. The molecule has 7 nitrogen and oxygen atoms in total. The zero-order valence-electron chi connectivity index (χ0n) is 17.9. The van der Waals surface area contributed by atoms with Gasteiger partial charge in [0, 0.05) is 24.3 Å². The van der Waals surface area contributed by atoms with Crippen molar-refractivity contribution < 1.29 is 26.8 Å². The predicted octanol–water partition coefficient (Wildman–Crippen LogP) is 3.93. The fraction of sp³-hybridized carbons (Fsp3) is 0.167. The topological polar surface area (TPSA) is 86.8 Å². The van der Waals surface area contributed by atoms with Crippen LogP contribution in [0.1, 0.15) is 12.8 Å². The summed E-state index contributed by atoms with van der Waals surface area (Å²) in [4.78, 5) is 26.1. The molecule has 0 aliphatic carbocycles. The Labute approximate surface area is 195 Å². The molecule has 0 bridgehead atoms. The fourth-order valence-electron chi connectivity index (χ4n) is 3.63. The first-order valence-corrected chi connectivity index (χ1v) is 11.9. The van der Waals surface area contributed by atoms with E-state index in [1.165, 1.54) is 12.1 Å². The molecule has 1 saturated heterocycles. The van der Waals surface area contributed by atoms with Crippen molar-refractivity contribution >= 4 is 38.9 Å². The van der Waals surface area contributed by atoms with Crippen LogP contribution in [0, 0.1) is 11.6 Å². The second-order valence-electron chi connectivity index (χ2n) is 7.69. The molecule has 0 unspecified atom stereocenters. The fourth-order valence-corrected chi connectivity index (χ4v) is 5.05. The van der Waals surface area contributed by atoms with Gasteiger partial charge in [0.2, 0.25) is 11.8 Å². The molecule has 1 aliphatic rings. The van der Waals surface area contributed by atoms with Crippen LogP contribution in [0.4, 0.5) is 25.8 Å². The molecule has 0 spiro atoms. The summed E-state index contributed by atoms with van der Waals surface area (Å²) in [5.41, 5.74) is 1.20. The lowest BCUT2D eigenvalue weighted by molar-refractivity contribution is -0.117. The lowest BCUT2D eigenvalue weighted by Gasteiger charge is -2.24. The summed E-state index contributed by atoms with van der Waals surface area (Å²) in [5, 5.41) is 2.63. The Kier molecular flexibility index (Phi) is 6.60. The van der Waals surface area contributed by atoms with Crippen molar-refractivity contribution in [2.45, 2.75) is 17.7 Å². The number of benzene rings is 3. The first kappa shape index (κ1) is 23.4. The van der Waals surface area contributed by atoms with Crippen molar-refractivity contribution in [1.82, 2.24) is 0 Å². The highest BCUT2D eigenvalue weighted by Crippen LogP contribution is 2.26. The molecule has 34 heavy (non-hydrogen) atoms. The summed E-state index contributed by atoms with van der Waals surface area (Å²) in [5.74, 6) is -1.77. The Morgan fingerprint density at radius 3 is 2.06 bits per heavy atom. The van der Waals surface area contributed by atoms with Crippen LogP contribution in [0.5, 0.6) is 0 Å². The predicted molar refractivity (Wildman–Crippen MR) is 124 cm³/mol. The third-order valence-corrected chi connectivity index (χ3v) is 7.13. The zero-order chi connectivity index (χ0) is 24.3. The highest BCUT2D eigenvalue weighted by Gasteiger charge is 2.27. The van der Waals surface area contributed by atoms with Gasteiger partial charge in [0.05, 0.1) is 10.6 Å². The summed E-state index contributed by atoms with van der Waals surface area (Å²) in [6.07, 6.45) is 1.29. The normalized spacial score (nSPS) is 13.7. The molecule has 0 saturated carbocycles. The van der Waals surface area contributed by atoms with Gasteiger partial charge in [0.25, 0.3) is 10.0 Å². The molecule has 4 rings (SSSR count). The largest absolute Gasteiger partial charge is 0.325 e. The summed E-state index contributed by atoms with van der Waals surface area (Å²) >= 11 is 0. The minimum atomic E-state index is -4.26. The van der Waals surface area contributed by atoms with Gasteiger partial charge in [-0.1, -0.05) is 0 Å². The van der Waals surface area contributed by atoms with Crippen LogP contribution in [0.2, 0.25) is 0 Å². The summed E-state index contributed by atoms with van der Waals surface area (Å²) in [7, 11) is -4.26. The number of amides is 2. The van der Waals surface area contributed by atoms with Crippen molar-refractivity contribution in [3.8, 4) is 0 Å². The summed E-state index contributed by atoms with van der Waals surface area (Å²) in [6.45, 7) is 0.0378. The zero-order valence-corrected chi connectivity index (χ0v) is 18.8. The molecule has 1 fully saturated rings. The van der Waals surface area contributed by atoms with Gasteiger partial charge in [-0.25, -0.2) is 17.2 Å². The standard InChI is InChI=1S/C24H21F2N3O4S/c25-17-3-9-21(10-4-17)29(34(32,33)22-13-5-18(26)6-14-22)16-23(30)27-19-7-11-20(12-8-19)28-15-1-2-24(28)31/h3-14H,1-2,15-16H2,(H,27,30). The van der Waals surface area contributed by atoms with Gasteiger partial charge in [0.1, 0.15) is 18.2 Å². The SMILES string of the molecule is O=C(CN(c1ccc(F)cc1)S(=O)(=O)c1ccc(F)cc1)Nc1ccc(N2CCCC2=O)cc1. The maximum atomic E-state index is 13.4. The van der Waals surface area contributed by atoms with E-state index in [-0.39, 0.29) is 16.5 Å². The van der Waals surface area contributed by atoms with Crippen molar-refractivity contribution in [3.05, 3.63) is 84.4 Å². The van der Waals surface area contributed by atoms with Crippen LogP contribution >= 0.6 is 0 Å². The molecule has 3 aromatic rings. The van der Waals surface area contributed by atoms with Gasteiger partial charge < -0.3 is 10.2 Å². The van der Waals surface area contributed by atoms with Crippen LogP contribution in [-0.4, -0.2) is 33.3 Å². The minimum Gasteiger partial charge on any atom is -0.325 e. The van der Waals surface area contributed by atoms with E-state index in [2.05, 4.69) is 5.32 Å². The van der Waals surface area contributed by atoms with E-state index < -0.39 is 34.1 Å². The number of hydrogen-bond acceptors (Lipinski definition) is 4. The van der Waals surface area contributed by atoms with Crippen LogP contribution in [0.15, 0.2) is 77.7 Å². The number of rotatable bonds is 7. The number of sulfonamides is 1. The van der Waals surface area contributed by atoms with Crippen LogP contribution in [0.25, 0.3) is 0 Å². The summed E-state index contributed by atoms with van der Waals surface area (Å²) in [6, 6.07) is 15.5. The van der Waals surface area contributed by atoms with E-state index in [1.807, 2.05) is 0 Å². The number of hydrogen-bond donors (Lipinski definition) is 1. The van der Waals surface area contributed by atoms with Crippen molar-refractivity contribution in [1.29, 1.82) is 0 Å². The van der Waals surface area contributed by atoms with E-state index in [9.17, 15) is 26.8 Å². The second kappa shape index (κ2) is 9.60. The van der Waals surface area contributed by atoms with Gasteiger partial charge in [-0.2, -0.15) is 0 Å². The van der Waals surface area contributed by atoms with E-state index in [0.717, 1.165) is 47.1 Å². The smallest absolute Gasteiger partial charge is 0.264 e. The third-order valence-electron chi connectivity index (χ3n) is 5.34. The van der Waals surface area contributed by atoms with E-state index >= 15 is 0 Å². The molecule has 3 aromatic carbocycles. The van der Waals surface area contributed by atoms with Crippen molar-refractivity contribution in [2.75, 3.05) is 27.6 Å². The third kappa shape index (κ3) is 5.07. The maximum Gasteiger partial charge on any atom is 0.264 e. The van der Waals surface area contributed by atoms with Crippen LogP contribution in [-0.2, 0) is 19.6 Å². The molecule has 1 N–H and O–H groups in total. The molecule has 1 aliphatic heterocycles. The Hall–Kier alpha value is -3.79. The highest BCUT2D eigenvalue weighted by atomic mass is 32.2. The Balaban J connectivity index is 1.55. The van der Waals surface area contributed by atoms with Gasteiger partial charge in [-0.15, -0.1) is 0 Å².